The number of hydrogen-bond donors (Lipinski definition) is 2. The minimum atomic E-state index is -1.39. The zero-order chi connectivity index (χ0) is 21.1. The topological polar surface area (TPSA) is 122 Å². The summed E-state index contributed by atoms with van der Waals surface area (Å²) in [6, 6.07) is 10.3. The highest BCUT2D eigenvalue weighted by Gasteiger charge is 2.23. The molecule has 0 aliphatic carbocycles. The van der Waals surface area contributed by atoms with Gasteiger partial charge >= 0.3 is 0 Å². The van der Waals surface area contributed by atoms with E-state index in [4.69, 9.17) is 20.1 Å². The van der Waals surface area contributed by atoms with Gasteiger partial charge in [-0.3, -0.25) is 4.79 Å². The lowest BCUT2D eigenvalue weighted by atomic mass is 10.1. The van der Waals surface area contributed by atoms with Gasteiger partial charge in [0.05, 0.1) is 11.6 Å². The van der Waals surface area contributed by atoms with Crippen LogP contribution in [0.1, 0.15) is 27.9 Å². The summed E-state index contributed by atoms with van der Waals surface area (Å²) >= 11 is 3.20. The molecule has 2 aromatic carbocycles. The molecule has 1 unspecified atom stereocenters. The molecule has 3 aromatic rings. The molecule has 0 bridgehead atoms. The first-order chi connectivity index (χ1) is 13.8. The van der Waals surface area contributed by atoms with Gasteiger partial charge in [-0.15, -0.1) is 0 Å². The van der Waals surface area contributed by atoms with Crippen LogP contribution in [0.4, 0.5) is 8.78 Å². The van der Waals surface area contributed by atoms with Gasteiger partial charge in [-0.25, -0.2) is 13.8 Å². The molecule has 1 heterocycles. The Bertz CT molecular complexity index is 1110. The van der Waals surface area contributed by atoms with Crippen molar-refractivity contribution in [3.8, 4) is 23.1 Å². The third-order valence-electron chi connectivity index (χ3n) is 3.87. The first-order valence-electron chi connectivity index (χ1n) is 8.07. The van der Waals surface area contributed by atoms with Crippen LogP contribution < -0.4 is 10.5 Å². The predicted octanol–water partition coefficient (Wildman–Crippen LogP) is 3.47. The van der Waals surface area contributed by atoms with E-state index in [0.717, 1.165) is 12.1 Å². The van der Waals surface area contributed by atoms with Crippen LogP contribution in [-0.4, -0.2) is 22.6 Å². The maximum atomic E-state index is 14.2. The van der Waals surface area contributed by atoms with Crippen molar-refractivity contribution in [3.05, 3.63) is 69.7 Å². The van der Waals surface area contributed by atoms with Crippen LogP contribution in [0.3, 0.4) is 0 Å². The fourth-order valence-electron chi connectivity index (χ4n) is 2.45. The Balaban J connectivity index is 1.77. The molecule has 29 heavy (non-hydrogen) atoms. The minimum Gasteiger partial charge on any atom is -0.487 e. The van der Waals surface area contributed by atoms with Crippen LogP contribution in [0.25, 0.3) is 11.3 Å². The molecule has 1 amide bonds. The number of benzene rings is 2. The number of nitriles is 1. The van der Waals surface area contributed by atoms with E-state index in [1.165, 1.54) is 0 Å². The van der Waals surface area contributed by atoms with Crippen LogP contribution in [0.15, 0.2) is 45.5 Å². The molecule has 7 nitrogen and oxygen atoms in total. The molecule has 0 fully saturated rings. The SMILES string of the molecule is N#Cc1ccc(-c2nc(C(O)COc3ccc(F)c(C(N)=O)c3F)oc2Br)cc1. The Labute approximate surface area is 171 Å². The van der Waals surface area contributed by atoms with E-state index >= 15 is 0 Å². The Hall–Kier alpha value is -3.29. The molecule has 10 heteroatoms. The van der Waals surface area contributed by atoms with Gasteiger partial charge in [-0.05, 0) is 40.2 Å². The second-order valence-corrected chi connectivity index (χ2v) is 6.51. The number of nitrogens with two attached hydrogens (primary N) is 1. The first-order valence-corrected chi connectivity index (χ1v) is 8.86. The second kappa shape index (κ2) is 8.38. The molecule has 0 radical (unpaired) electrons. The Kier molecular flexibility index (Phi) is 5.91. The average molecular weight is 464 g/mol. The molecule has 0 aliphatic rings. The number of oxazole rings is 1. The van der Waals surface area contributed by atoms with Gasteiger partial charge in [0.2, 0.25) is 5.89 Å². The van der Waals surface area contributed by atoms with E-state index in [0.29, 0.717) is 16.8 Å². The Morgan fingerprint density at radius 2 is 2.00 bits per heavy atom. The molecule has 0 saturated carbocycles. The molecular formula is C19H12BrF2N3O4. The predicted molar refractivity (Wildman–Crippen MR) is 99.7 cm³/mol. The summed E-state index contributed by atoms with van der Waals surface area (Å²) in [6.07, 6.45) is -1.39. The smallest absolute Gasteiger partial charge is 0.254 e. The third kappa shape index (κ3) is 4.26. The summed E-state index contributed by atoms with van der Waals surface area (Å²) in [6.45, 7) is -0.486. The molecule has 148 valence electrons. The Morgan fingerprint density at radius 3 is 2.62 bits per heavy atom. The molecule has 3 rings (SSSR count). The van der Waals surface area contributed by atoms with Crippen LogP contribution in [0, 0.1) is 23.0 Å². The maximum absolute atomic E-state index is 14.2. The highest BCUT2D eigenvalue weighted by atomic mass is 79.9. The Morgan fingerprint density at radius 1 is 1.31 bits per heavy atom. The number of aliphatic hydroxyl groups is 1. The van der Waals surface area contributed by atoms with E-state index in [1.54, 1.807) is 24.3 Å². The number of ether oxygens (including phenoxy) is 1. The number of nitrogens with zero attached hydrogens (tertiary/aromatic N) is 2. The third-order valence-corrected chi connectivity index (χ3v) is 4.41. The van der Waals surface area contributed by atoms with Crippen molar-refractivity contribution < 1.29 is 27.8 Å². The molecule has 0 aliphatic heterocycles. The van der Waals surface area contributed by atoms with Gasteiger partial charge in [0.25, 0.3) is 5.91 Å². The lowest BCUT2D eigenvalue weighted by molar-refractivity contribution is 0.0811. The van der Waals surface area contributed by atoms with Crippen molar-refractivity contribution >= 4 is 21.8 Å². The number of carbonyl (C=O) groups is 1. The summed E-state index contributed by atoms with van der Waals surface area (Å²) in [5.41, 5.74) is 5.51. The van der Waals surface area contributed by atoms with Gasteiger partial charge in [0.15, 0.2) is 22.3 Å². The van der Waals surface area contributed by atoms with Crippen LogP contribution >= 0.6 is 15.9 Å². The molecule has 0 saturated heterocycles. The minimum absolute atomic E-state index is 0.117. The number of carbonyl (C=O) groups excluding carboxylic acids is 1. The highest BCUT2D eigenvalue weighted by Crippen LogP contribution is 2.31. The van der Waals surface area contributed by atoms with E-state index < -0.39 is 41.6 Å². The van der Waals surface area contributed by atoms with Crippen molar-refractivity contribution in [2.75, 3.05) is 6.61 Å². The number of halogens is 3. The lowest BCUT2D eigenvalue weighted by Gasteiger charge is -2.11. The largest absolute Gasteiger partial charge is 0.487 e. The van der Waals surface area contributed by atoms with Crippen LogP contribution in [-0.2, 0) is 0 Å². The summed E-state index contributed by atoms with van der Waals surface area (Å²) < 4.78 is 38.4. The summed E-state index contributed by atoms with van der Waals surface area (Å²) in [5.74, 6) is -4.25. The van der Waals surface area contributed by atoms with Crippen molar-refractivity contribution in [3.63, 3.8) is 0 Å². The number of primary amides is 1. The number of amides is 1. The monoisotopic (exact) mass is 463 g/mol. The first kappa shape index (κ1) is 20.4. The number of rotatable bonds is 6. The van der Waals surface area contributed by atoms with Crippen molar-refractivity contribution in [2.24, 2.45) is 5.73 Å². The second-order valence-electron chi connectivity index (χ2n) is 5.79. The van der Waals surface area contributed by atoms with Gasteiger partial charge in [-0.2, -0.15) is 5.26 Å². The molecular weight excluding hydrogens is 452 g/mol. The van der Waals surface area contributed by atoms with E-state index in [9.17, 15) is 18.7 Å². The van der Waals surface area contributed by atoms with E-state index in [-0.39, 0.29) is 10.6 Å². The molecule has 3 N–H and O–H groups in total. The van der Waals surface area contributed by atoms with E-state index in [1.807, 2.05) is 6.07 Å². The van der Waals surface area contributed by atoms with Crippen molar-refractivity contribution in [1.82, 2.24) is 4.98 Å². The zero-order valence-electron chi connectivity index (χ0n) is 14.5. The zero-order valence-corrected chi connectivity index (χ0v) is 16.1. The van der Waals surface area contributed by atoms with Gasteiger partial charge in [-0.1, -0.05) is 12.1 Å². The fraction of sp³-hybridized carbons (Fsp3) is 0.105. The highest BCUT2D eigenvalue weighted by molar-refractivity contribution is 9.10. The van der Waals surface area contributed by atoms with Crippen LogP contribution in [0.2, 0.25) is 0 Å². The van der Waals surface area contributed by atoms with Crippen LogP contribution in [0.5, 0.6) is 5.75 Å². The normalized spacial score (nSPS) is 11.7. The average Bonchev–Trinajstić information content (AvgIpc) is 3.09. The maximum Gasteiger partial charge on any atom is 0.254 e. The molecule has 1 atom stereocenters. The van der Waals surface area contributed by atoms with Gasteiger partial charge in [0, 0.05) is 5.56 Å². The standard InChI is InChI=1S/C19H12BrF2N3O4/c20-17-16(10-3-1-9(7-23)2-4-10)25-19(29-17)12(26)8-28-13-6-5-11(21)14(15(13)22)18(24)27/h1-6,12,26H,8H2,(H2,24,27). The summed E-state index contributed by atoms with van der Waals surface area (Å²) in [4.78, 5) is 15.3. The quantitative estimate of drug-likeness (QED) is 0.576. The summed E-state index contributed by atoms with van der Waals surface area (Å²) in [7, 11) is 0. The lowest BCUT2D eigenvalue weighted by Crippen LogP contribution is -2.17. The molecule has 0 spiro atoms. The number of hydrogen-bond acceptors (Lipinski definition) is 6. The number of aliphatic hydroxyl groups excluding tert-OH is 1. The number of aromatic nitrogens is 1. The van der Waals surface area contributed by atoms with Gasteiger partial charge < -0.3 is 20.0 Å². The fourth-order valence-corrected chi connectivity index (χ4v) is 2.93. The van der Waals surface area contributed by atoms with E-state index in [2.05, 4.69) is 20.9 Å². The van der Waals surface area contributed by atoms with Gasteiger partial charge in [0.1, 0.15) is 23.7 Å². The summed E-state index contributed by atoms with van der Waals surface area (Å²) in [5, 5.41) is 19.1. The van der Waals surface area contributed by atoms with Crippen molar-refractivity contribution in [2.45, 2.75) is 6.10 Å². The molecule has 1 aromatic heterocycles. The van der Waals surface area contributed by atoms with Crippen molar-refractivity contribution in [1.29, 1.82) is 5.26 Å².